The lowest BCUT2D eigenvalue weighted by Crippen LogP contribution is -2.54. The number of nitrogens with zero attached hydrogens (tertiary/aromatic N) is 1. The number of aryl methyl sites for hydroxylation is 1. The molecule has 4 amide bonds. The molecule has 1 N–H and O–H groups in total. The number of hydrogen-bond acceptors (Lipinski definition) is 6. The zero-order valence-corrected chi connectivity index (χ0v) is 20.2. The van der Waals surface area contributed by atoms with Crippen LogP contribution < -0.4 is 24.4 Å². The van der Waals surface area contributed by atoms with Gasteiger partial charge in [0.15, 0.2) is 11.5 Å². The minimum atomic E-state index is -0.819. The topological polar surface area (TPSA) is 94.2 Å². The number of carbonyl (C=O) groups excluding carboxylic acids is 3. The fourth-order valence-electron chi connectivity index (χ4n) is 3.65. The number of anilines is 1. The molecule has 0 unspecified atom stereocenters. The molecule has 3 aromatic rings. The van der Waals surface area contributed by atoms with Crippen LogP contribution in [0.5, 0.6) is 17.2 Å². The number of carbonyl (C=O) groups is 3. The van der Waals surface area contributed by atoms with E-state index in [9.17, 15) is 14.4 Å². The number of amides is 4. The number of imide groups is 2. The first-order valence-electron chi connectivity index (χ1n) is 11.4. The van der Waals surface area contributed by atoms with Gasteiger partial charge in [0.2, 0.25) is 0 Å². The number of urea groups is 1. The van der Waals surface area contributed by atoms with Crippen molar-refractivity contribution < 1.29 is 28.6 Å². The minimum absolute atomic E-state index is 0.179. The maximum absolute atomic E-state index is 13.2. The molecule has 0 bridgehead atoms. The Bertz CT molecular complexity index is 1310. The van der Waals surface area contributed by atoms with E-state index >= 15 is 0 Å². The Kier molecular flexibility index (Phi) is 7.34. The van der Waals surface area contributed by atoms with E-state index in [2.05, 4.69) is 5.32 Å². The lowest BCUT2D eigenvalue weighted by atomic mass is 10.1. The van der Waals surface area contributed by atoms with E-state index in [0.29, 0.717) is 41.7 Å². The quantitative estimate of drug-likeness (QED) is 0.368. The van der Waals surface area contributed by atoms with Gasteiger partial charge in [-0.15, -0.1) is 0 Å². The van der Waals surface area contributed by atoms with Crippen molar-refractivity contribution in [1.29, 1.82) is 0 Å². The molecule has 8 heteroatoms. The van der Waals surface area contributed by atoms with E-state index in [-0.39, 0.29) is 5.57 Å². The van der Waals surface area contributed by atoms with E-state index in [4.69, 9.17) is 14.2 Å². The predicted molar refractivity (Wildman–Crippen MR) is 135 cm³/mol. The molecule has 1 aliphatic heterocycles. The zero-order chi connectivity index (χ0) is 25.7. The highest BCUT2D eigenvalue weighted by atomic mass is 16.5. The van der Waals surface area contributed by atoms with Crippen molar-refractivity contribution in [1.82, 2.24) is 5.32 Å². The molecule has 3 aromatic carbocycles. The van der Waals surface area contributed by atoms with Gasteiger partial charge in [0.1, 0.15) is 17.9 Å². The third kappa shape index (κ3) is 5.38. The van der Waals surface area contributed by atoms with Crippen molar-refractivity contribution in [2.24, 2.45) is 0 Å². The summed E-state index contributed by atoms with van der Waals surface area (Å²) in [6.07, 6.45) is 1.41. The number of rotatable bonds is 8. The second-order valence-corrected chi connectivity index (χ2v) is 8.07. The van der Waals surface area contributed by atoms with Crippen LogP contribution in [0.15, 0.2) is 72.3 Å². The SMILES string of the molecule is CCOc1cc(/C=C2/C(=O)NC(=O)N(c3ccc(OCc4ccc(C)cc4)cc3)C2=O)ccc1OC. The van der Waals surface area contributed by atoms with Gasteiger partial charge < -0.3 is 14.2 Å². The van der Waals surface area contributed by atoms with Crippen LogP contribution in [-0.2, 0) is 16.2 Å². The molecule has 0 atom stereocenters. The first kappa shape index (κ1) is 24.5. The normalized spacial score (nSPS) is 14.6. The Labute approximate surface area is 209 Å². The van der Waals surface area contributed by atoms with Crippen molar-refractivity contribution in [2.75, 3.05) is 18.6 Å². The monoisotopic (exact) mass is 486 g/mol. The van der Waals surface area contributed by atoms with Gasteiger partial charge in [-0.3, -0.25) is 14.9 Å². The summed E-state index contributed by atoms with van der Waals surface area (Å²) in [6.45, 7) is 4.66. The molecule has 1 heterocycles. The van der Waals surface area contributed by atoms with E-state index in [1.54, 1.807) is 42.5 Å². The zero-order valence-electron chi connectivity index (χ0n) is 20.2. The molecule has 0 aliphatic carbocycles. The second kappa shape index (κ2) is 10.8. The molecular weight excluding hydrogens is 460 g/mol. The fourth-order valence-corrected chi connectivity index (χ4v) is 3.65. The molecule has 4 rings (SSSR count). The number of methoxy groups -OCH3 is 1. The smallest absolute Gasteiger partial charge is 0.335 e. The molecule has 8 nitrogen and oxygen atoms in total. The third-order valence-electron chi connectivity index (χ3n) is 5.52. The summed E-state index contributed by atoms with van der Waals surface area (Å²) in [5.74, 6) is 0.0868. The van der Waals surface area contributed by atoms with Gasteiger partial charge in [0.05, 0.1) is 19.4 Å². The van der Waals surface area contributed by atoms with Crippen LogP contribution in [0.1, 0.15) is 23.6 Å². The summed E-state index contributed by atoms with van der Waals surface area (Å²) in [4.78, 5) is 39.2. The van der Waals surface area contributed by atoms with Crippen LogP contribution in [-0.4, -0.2) is 31.6 Å². The Hall–Kier alpha value is -4.59. The van der Waals surface area contributed by atoms with Crippen molar-refractivity contribution in [3.63, 3.8) is 0 Å². The third-order valence-corrected chi connectivity index (χ3v) is 5.52. The Balaban J connectivity index is 1.54. The number of nitrogens with one attached hydrogen (secondary N) is 1. The molecule has 1 saturated heterocycles. The average Bonchev–Trinajstić information content (AvgIpc) is 2.87. The fraction of sp³-hybridized carbons (Fsp3) is 0.179. The van der Waals surface area contributed by atoms with Gasteiger partial charge in [0, 0.05) is 0 Å². The Morgan fingerprint density at radius 2 is 1.61 bits per heavy atom. The summed E-state index contributed by atoms with van der Waals surface area (Å²) in [5.41, 5.74) is 2.87. The van der Waals surface area contributed by atoms with Crippen LogP contribution >= 0.6 is 0 Å². The van der Waals surface area contributed by atoms with E-state index in [1.807, 2.05) is 38.1 Å². The minimum Gasteiger partial charge on any atom is -0.493 e. The van der Waals surface area contributed by atoms with Gasteiger partial charge >= 0.3 is 6.03 Å². The van der Waals surface area contributed by atoms with Crippen LogP contribution in [0, 0.1) is 6.92 Å². The van der Waals surface area contributed by atoms with Gasteiger partial charge in [-0.25, -0.2) is 9.69 Å². The molecule has 1 fully saturated rings. The molecular formula is C28H26N2O6. The van der Waals surface area contributed by atoms with Gasteiger partial charge in [0.25, 0.3) is 11.8 Å². The highest BCUT2D eigenvalue weighted by Crippen LogP contribution is 2.30. The standard InChI is InChI=1S/C28H26N2O6/c1-4-35-25-16-20(9-14-24(25)34-3)15-23-26(31)29-28(33)30(27(23)32)21-10-12-22(13-11-21)36-17-19-7-5-18(2)6-8-19/h5-16H,4,17H2,1-3H3,(H,29,31,33)/b23-15-. The highest BCUT2D eigenvalue weighted by molar-refractivity contribution is 6.39. The molecule has 0 radical (unpaired) electrons. The van der Waals surface area contributed by atoms with Crippen LogP contribution in [0.25, 0.3) is 6.08 Å². The predicted octanol–water partition coefficient (Wildman–Crippen LogP) is 4.65. The Morgan fingerprint density at radius 1 is 0.889 bits per heavy atom. The van der Waals surface area contributed by atoms with E-state index in [0.717, 1.165) is 10.5 Å². The molecule has 0 spiro atoms. The number of ether oxygens (including phenoxy) is 3. The number of benzene rings is 3. The second-order valence-electron chi connectivity index (χ2n) is 8.07. The lowest BCUT2D eigenvalue weighted by molar-refractivity contribution is -0.122. The summed E-state index contributed by atoms with van der Waals surface area (Å²) in [5, 5.41) is 2.23. The first-order chi connectivity index (χ1) is 17.4. The van der Waals surface area contributed by atoms with Gasteiger partial charge in [-0.1, -0.05) is 35.9 Å². The molecule has 0 aromatic heterocycles. The van der Waals surface area contributed by atoms with Crippen molar-refractivity contribution >= 4 is 29.6 Å². The highest BCUT2D eigenvalue weighted by Gasteiger charge is 2.36. The van der Waals surface area contributed by atoms with Gasteiger partial charge in [-0.05, 0) is 67.4 Å². The summed E-state index contributed by atoms with van der Waals surface area (Å²) < 4.78 is 16.6. The van der Waals surface area contributed by atoms with Crippen LogP contribution in [0.4, 0.5) is 10.5 Å². The van der Waals surface area contributed by atoms with Crippen LogP contribution in [0.2, 0.25) is 0 Å². The van der Waals surface area contributed by atoms with E-state index in [1.165, 1.54) is 18.7 Å². The number of hydrogen-bond donors (Lipinski definition) is 1. The maximum atomic E-state index is 13.2. The lowest BCUT2D eigenvalue weighted by Gasteiger charge is -2.26. The molecule has 184 valence electrons. The Morgan fingerprint density at radius 3 is 2.28 bits per heavy atom. The first-order valence-corrected chi connectivity index (χ1v) is 11.4. The molecule has 0 saturated carbocycles. The van der Waals surface area contributed by atoms with Crippen molar-refractivity contribution in [3.05, 3.63) is 89.0 Å². The number of barbiturate groups is 1. The van der Waals surface area contributed by atoms with Crippen LogP contribution in [0.3, 0.4) is 0 Å². The maximum Gasteiger partial charge on any atom is 0.335 e. The average molecular weight is 487 g/mol. The van der Waals surface area contributed by atoms with E-state index < -0.39 is 17.8 Å². The summed E-state index contributed by atoms with van der Waals surface area (Å²) >= 11 is 0. The van der Waals surface area contributed by atoms with Crippen molar-refractivity contribution in [2.45, 2.75) is 20.5 Å². The van der Waals surface area contributed by atoms with Crippen molar-refractivity contribution in [3.8, 4) is 17.2 Å². The summed E-state index contributed by atoms with van der Waals surface area (Å²) in [7, 11) is 1.52. The molecule has 36 heavy (non-hydrogen) atoms. The summed E-state index contributed by atoms with van der Waals surface area (Å²) in [6, 6.07) is 18.7. The van der Waals surface area contributed by atoms with Gasteiger partial charge in [-0.2, -0.15) is 0 Å². The molecule has 1 aliphatic rings. The largest absolute Gasteiger partial charge is 0.493 e.